The lowest BCUT2D eigenvalue weighted by Gasteiger charge is -2.29. The van der Waals surface area contributed by atoms with Gasteiger partial charge in [-0.25, -0.2) is 18.7 Å². The highest BCUT2D eigenvalue weighted by atomic mass is 32.1. The van der Waals surface area contributed by atoms with Crippen molar-refractivity contribution < 1.29 is 27.9 Å². The molecule has 2 aliphatic heterocycles. The molecule has 0 radical (unpaired) electrons. The lowest BCUT2D eigenvalue weighted by molar-refractivity contribution is 0.0733. The number of thiazole rings is 1. The van der Waals surface area contributed by atoms with Gasteiger partial charge < -0.3 is 25.1 Å². The molecule has 12 heteroatoms. The van der Waals surface area contributed by atoms with Gasteiger partial charge in [0.15, 0.2) is 0 Å². The van der Waals surface area contributed by atoms with Gasteiger partial charge in [0.05, 0.1) is 24.4 Å². The first-order valence-corrected chi connectivity index (χ1v) is 15.6. The number of likely N-dealkylation sites (tertiary alicyclic amines) is 1. The number of hydrogen-bond donors (Lipinski definition) is 3. The third-order valence-corrected chi connectivity index (χ3v) is 9.24. The number of carbonyl (C=O) groups excluding carboxylic acids is 2. The lowest BCUT2D eigenvalue weighted by Crippen LogP contribution is -2.52. The number of hydrogen-bond acceptors (Lipinski definition) is 8. The first-order valence-electron chi connectivity index (χ1n) is 14.7. The maximum Gasteiger partial charge on any atom is 0.254 e. The molecule has 0 aliphatic carbocycles. The molecule has 4 heterocycles. The molecule has 4 atom stereocenters. The second-order valence-electron chi connectivity index (χ2n) is 11.4. The number of rotatable bonds is 9. The molecule has 44 heavy (non-hydrogen) atoms. The second-order valence-corrected chi connectivity index (χ2v) is 12.3. The van der Waals surface area contributed by atoms with Gasteiger partial charge in [0.1, 0.15) is 22.9 Å². The molecule has 0 bridgehead atoms. The van der Waals surface area contributed by atoms with E-state index in [1.54, 1.807) is 17.0 Å². The molecule has 6 rings (SSSR count). The number of aliphatic hydroxyl groups is 1. The summed E-state index contributed by atoms with van der Waals surface area (Å²) >= 11 is 1.52. The number of aromatic nitrogens is 2. The average molecular weight is 622 g/mol. The molecule has 0 spiro atoms. The van der Waals surface area contributed by atoms with E-state index in [-0.39, 0.29) is 41.4 Å². The van der Waals surface area contributed by atoms with Crippen molar-refractivity contribution in [3.8, 4) is 11.5 Å². The fraction of sp³-hybridized carbons (Fsp3) is 0.375. The Morgan fingerprint density at radius 1 is 1.14 bits per heavy atom. The Morgan fingerprint density at radius 2 is 1.93 bits per heavy atom. The highest BCUT2D eigenvalue weighted by molar-refractivity contribution is 7.09. The van der Waals surface area contributed by atoms with E-state index >= 15 is 0 Å². The largest absolute Gasteiger partial charge is 0.445 e. The van der Waals surface area contributed by atoms with Crippen LogP contribution in [0.3, 0.4) is 0 Å². The molecule has 2 fully saturated rings. The molecule has 2 saturated heterocycles. The zero-order valence-electron chi connectivity index (χ0n) is 24.1. The third-order valence-electron chi connectivity index (χ3n) is 8.17. The molecule has 2 aliphatic rings. The van der Waals surface area contributed by atoms with Crippen molar-refractivity contribution in [2.75, 3.05) is 13.1 Å². The zero-order chi connectivity index (χ0) is 30.8. The van der Waals surface area contributed by atoms with E-state index < -0.39 is 29.7 Å². The maximum atomic E-state index is 14.0. The number of aliphatic hydroxyl groups excluding tert-OH is 1. The van der Waals surface area contributed by atoms with Crippen LogP contribution in [0, 0.1) is 18.6 Å². The SMILES string of the molecule is Cc1csc(C2CCCN2C(=O)c2cc(C(=O)NC(Cc3cc(F)cc(F)c3)C(O)C3CCCN3)cc(-c3ncco3)c2)n1. The predicted octanol–water partition coefficient (Wildman–Crippen LogP) is 4.82. The van der Waals surface area contributed by atoms with E-state index in [0.717, 1.165) is 42.6 Å². The van der Waals surface area contributed by atoms with E-state index in [4.69, 9.17) is 4.42 Å². The van der Waals surface area contributed by atoms with E-state index in [1.807, 2.05) is 12.3 Å². The summed E-state index contributed by atoms with van der Waals surface area (Å²) in [6.07, 6.45) is 5.02. The number of halogens is 2. The first-order chi connectivity index (χ1) is 21.2. The molecule has 230 valence electrons. The smallest absolute Gasteiger partial charge is 0.254 e. The predicted molar refractivity (Wildman–Crippen MR) is 160 cm³/mol. The normalized spacial score (nSPS) is 19.7. The van der Waals surface area contributed by atoms with Crippen molar-refractivity contribution in [2.24, 2.45) is 0 Å². The van der Waals surface area contributed by atoms with Crippen LogP contribution >= 0.6 is 11.3 Å². The minimum Gasteiger partial charge on any atom is -0.445 e. The quantitative estimate of drug-likeness (QED) is 0.245. The highest BCUT2D eigenvalue weighted by Crippen LogP contribution is 2.35. The highest BCUT2D eigenvalue weighted by Gasteiger charge is 2.34. The van der Waals surface area contributed by atoms with Gasteiger partial charge in [0.2, 0.25) is 5.89 Å². The van der Waals surface area contributed by atoms with Crippen molar-refractivity contribution in [1.29, 1.82) is 0 Å². The van der Waals surface area contributed by atoms with Crippen molar-refractivity contribution in [1.82, 2.24) is 25.5 Å². The van der Waals surface area contributed by atoms with Gasteiger partial charge in [-0.3, -0.25) is 9.59 Å². The van der Waals surface area contributed by atoms with Gasteiger partial charge in [-0.1, -0.05) is 0 Å². The maximum absolute atomic E-state index is 14.0. The molecule has 4 aromatic rings. The van der Waals surface area contributed by atoms with Crippen LogP contribution in [-0.4, -0.2) is 63.1 Å². The summed E-state index contributed by atoms with van der Waals surface area (Å²) < 4.78 is 33.5. The van der Waals surface area contributed by atoms with E-state index in [1.165, 1.54) is 42.0 Å². The summed E-state index contributed by atoms with van der Waals surface area (Å²) in [5.41, 5.74) is 2.08. The topological polar surface area (TPSA) is 121 Å². The van der Waals surface area contributed by atoms with Crippen LogP contribution in [0.15, 0.2) is 58.7 Å². The summed E-state index contributed by atoms with van der Waals surface area (Å²) in [4.78, 5) is 38.4. The van der Waals surface area contributed by atoms with Crippen LogP contribution in [0.1, 0.15) is 68.7 Å². The molecule has 4 unspecified atom stereocenters. The Labute approximate surface area is 257 Å². The van der Waals surface area contributed by atoms with Crippen LogP contribution in [0.4, 0.5) is 8.78 Å². The Morgan fingerprint density at radius 3 is 2.61 bits per heavy atom. The summed E-state index contributed by atoms with van der Waals surface area (Å²) in [5, 5.41) is 20.2. The zero-order valence-corrected chi connectivity index (χ0v) is 24.9. The Bertz CT molecular complexity index is 1620. The molecule has 2 amide bonds. The van der Waals surface area contributed by atoms with Gasteiger partial charge >= 0.3 is 0 Å². The van der Waals surface area contributed by atoms with Gasteiger partial charge in [0.25, 0.3) is 11.8 Å². The van der Waals surface area contributed by atoms with Gasteiger partial charge in [0, 0.05) is 46.4 Å². The van der Waals surface area contributed by atoms with Gasteiger partial charge in [-0.15, -0.1) is 11.3 Å². The molecule has 2 aromatic carbocycles. The number of nitrogens with one attached hydrogen (secondary N) is 2. The fourth-order valence-electron chi connectivity index (χ4n) is 6.10. The van der Waals surface area contributed by atoms with Crippen LogP contribution < -0.4 is 10.6 Å². The van der Waals surface area contributed by atoms with Crippen LogP contribution in [0.5, 0.6) is 0 Å². The van der Waals surface area contributed by atoms with Crippen LogP contribution in [0.25, 0.3) is 11.5 Å². The van der Waals surface area contributed by atoms with Crippen molar-refractivity contribution >= 4 is 23.2 Å². The number of nitrogens with zero attached hydrogens (tertiary/aromatic N) is 3. The molecule has 3 N–H and O–H groups in total. The Balaban J connectivity index is 1.31. The summed E-state index contributed by atoms with van der Waals surface area (Å²) in [6, 6.07) is 6.57. The molecular formula is C32H33F2N5O4S. The van der Waals surface area contributed by atoms with Gasteiger partial charge in [-0.2, -0.15) is 0 Å². The monoisotopic (exact) mass is 621 g/mol. The van der Waals surface area contributed by atoms with Gasteiger partial charge in [-0.05, 0) is 81.5 Å². The first kappa shape index (κ1) is 30.0. The Hall–Kier alpha value is -4.00. The number of carbonyl (C=O) groups is 2. The minimum atomic E-state index is -1.03. The van der Waals surface area contributed by atoms with E-state index in [2.05, 4.69) is 20.6 Å². The number of amides is 2. The summed E-state index contributed by atoms with van der Waals surface area (Å²) in [5.74, 6) is -2.05. The molecule has 2 aromatic heterocycles. The minimum absolute atomic E-state index is 0.00628. The van der Waals surface area contributed by atoms with Crippen molar-refractivity contribution in [3.63, 3.8) is 0 Å². The van der Waals surface area contributed by atoms with Crippen LogP contribution in [0.2, 0.25) is 0 Å². The molecule has 9 nitrogen and oxygen atoms in total. The Kier molecular flexibility index (Phi) is 8.83. The standard InChI is InChI=1S/C32H33F2N5O4S/c1-18-17-44-31(37-18)27-5-3-8-39(27)32(42)22-14-20(13-21(15-22)30-36-7-9-43-30)29(41)38-26(28(40)25-4-2-6-35-25)12-19-10-23(33)16-24(34)11-19/h7,9-11,13-17,25-28,35,40H,2-6,8,12H2,1H3,(H,38,41). The summed E-state index contributed by atoms with van der Waals surface area (Å²) in [7, 11) is 0. The number of benzene rings is 2. The number of aryl methyl sites for hydroxylation is 1. The number of oxazole rings is 1. The fourth-order valence-corrected chi connectivity index (χ4v) is 7.05. The van der Waals surface area contributed by atoms with Crippen molar-refractivity contribution in [2.45, 2.75) is 63.3 Å². The average Bonchev–Trinajstić information content (AvgIpc) is 3.83. The van der Waals surface area contributed by atoms with E-state index in [0.29, 0.717) is 24.1 Å². The molecular weight excluding hydrogens is 588 g/mol. The molecule has 0 saturated carbocycles. The lowest BCUT2D eigenvalue weighted by atomic mass is 9.94. The summed E-state index contributed by atoms with van der Waals surface area (Å²) in [6.45, 7) is 3.20. The van der Waals surface area contributed by atoms with Crippen LogP contribution in [-0.2, 0) is 6.42 Å². The van der Waals surface area contributed by atoms with Crippen molar-refractivity contribution in [3.05, 3.63) is 93.3 Å². The third kappa shape index (κ3) is 6.57. The van der Waals surface area contributed by atoms with E-state index in [9.17, 15) is 23.5 Å². The second kappa shape index (κ2) is 12.9.